The summed E-state index contributed by atoms with van der Waals surface area (Å²) in [7, 11) is 1.52. The topological polar surface area (TPSA) is 84.7 Å². The average molecular weight is 308 g/mol. The standard InChI is InChI=1S/C13H25N3O3.ClH/c1-3-5-12(17)15-10-6-4-7-16(8-10)13(18)11(14)9-19-2;/h10-11H,3-9,14H2,1-2H3,(H,15,17);1H. The molecule has 0 saturated carbocycles. The molecule has 1 aliphatic rings. The molecular formula is C13H26ClN3O3. The van der Waals surface area contributed by atoms with Crippen molar-refractivity contribution >= 4 is 24.2 Å². The lowest BCUT2D eigenvalue weighted by Crippen LogP contribution is -2.54. The number of likely N-dealkylation sites (tertiary alicyclic amines) is 1. The molecule has 1 rings (SSSR count). The number of halogens is 1. The number of rotatable bonds is 6. The van der Waals surface area contributed by atoms with E-state index in [9.17, 15) is 9.59 Å². The minimum Gasteiger partial charge on any atom is -0.383 e. The minimum absolute atomic E-state index is 0. The van der Waals surface area contributed by atoms with Gasteiger partial charge in [-0.15, -0.1) is 12.4 Å². The van der Waals surface area contributed by atoms with E-state index in [1.54, 1.807) is 4.90 Å². The zero-order valence-electron chi connectivity index (χ0n) is 12.3. The lowest BCUT2D eigenvalue weighted by Gasteiger charge is -2.34. The van der Waals surface area contributed by atoms with Gasteiger partial charge in [-0.3, -0.25) is 9.59 Å². The summed E-state index contributed by atoms with van der Waals surface area (Å²) in [5, 5.41) is 2.97. The molecule has 1 aliphatic heterocycles. The lowest BCUT2D eigenvalue weighted by molar-refractivity contribution is -0.136. The summed E-state index contributed by atoms with van der Waals surface area (Å²) in [5.74, 6) is -0.0423. The van der Waals surface area contributed by atoms with E-state index in [4.69, 9.17) is 10.5 Å². The van der Waals surface area contributed by atoms with Crippen LogP contribution in [0.25, 0.3) is 0 Å². The van der Waals surface area contributed by atoms with Crippen molar-refractivity contribution in [3.05, 3.63) is 0 Å². The first-order valence-electron chi connectivity index (χ1n) is 6.91. The number of hydrogen-bond acceptors (Lipinski definition) is 4. The number of piperidine rings is 1. The molecule has 1 fully saturated rings. The van der Waals surface area contributed by atoms with Crippen LogP contribution in [0.15, 0.2) is 0 Å². The Kier molecular flexibility index (Phi) is 9.54. The first kappa shape index (κ1) is 19.1. The van der Waals surface area contributed by atoms with Gasteiger partial charge in [0.25, 0.3) is 0 Å². The van der Waals surface area contributed by atoms with Crippen molar-refractivity contribution in [2.24, 2.45) is 5.73 Å². The second-order valence-electron chi connectivity index (χ2n) is 5.00. The molecule has 3 N–H and O–H groups in total. The molecule has 0 aliphatic carbocycles. The molecule has 2 amide bonds. The van der Waals surface area contributed by atoms with Gasteiger partial charge in [-0.05, 0) is 19.3 Å². The molecule has 0 aromatic heterocycles. The monoisotopic (exact) mass is 307 g/mol. The van der Waals surface area contributed by atoms with E-state index in [1.807, 2.05) is 6.92 Å². The van der Waals surface area contributed by atoms with Crippen LogP contribution in [-0.2, 0) is 14.3 Å². The van der Waals surface area contributed by atoms with E-state index in [0.29, 0.717) is 19.5 Å². The third kappa shape index (κ3) is 6.07. The molecule has 1 heterocycles. The summed E-state index contributed by atoms with van der Waals surface area (Å²) in [6.45, 7) is 3.45. The smallest absolute Gasteiger partial charge is 0.241 e. The van der Waals surface area contributed by atoms with Gasteiger partial charge >= 0.3 is 0 Å². The summed E-state index contributed by atoms with van der Waals surface area (Å²) >= 11 is 0. The van der Waals surface area contributed by atoms with Crippen LogP contribution >= 0.6 is 12.4 Å². The Morgan fingerprint density at radius 2 is 2.20 bits per heavy atom. The largest absolute Gasteiger partial charge is 0.383 e. The fraction of sp³-hybridized carbons (Fsp3) is 0.846. The average Bonchev–Trinajstić information content (AvgIpc) is 2.38. The fourth-order valence-corrected chi connectivity index (χ4v) is 2.31. The van der Waals surface area contributed by atoms with Crippen molar-refractivity contribution in [3.63, 3.8) is 0 Å². The van der Waals surface area contributed by atoms with Gasteiger partial charge in [0.2, 0.25) is 11.8 Å². The highest BCUT2D eigenvalue weighted by Gasteiger charge is 2.27. The van der Waals surface area contributed by atoms with Gasteiger partial charge in [0, 0.05) is 32.7 Å². The van der Waals surface area contributed by atoms with Crippen LogP contribution in [0.3, 0.4) is 0 Å². The van der Waals surface area contributed by atoms with Crippen molar-refractivity contribution in [3.8, 4) is 0 Å². The third-order valence-corrected chi connectivity index (χ3v) is 3.24. The highest BCUT2D eigenvalue weighted by atomic mass is 35.5. The number of ether oxygens (including phenoxy) is 1. The molecule has 0 bridgehead atoms. The van der Waals surface area contributed by atoms with Crippen molar-refractivity contribution in [1.29, 1.82) is 0 Å². The number of hydrogen-bond donors (Lipinski definition) is 2. The Morgan fingerprint density at radius 3 is 2.80 bits per heavy atom. The third-order valence-electron chi connectivity index (χ3n) is 3.24. The zero-order chi connectivity index (χ0) is 14.3. The molecule has 6 nitrogen and oxygen atoms in total. The van der Waals surface area contributed by atoms with Crippen molar-refractivity contribution < 1.29 is 14.3 Å². The Morgan fingerprint density at radius 1 is 1.50 bits per heavy atom. The first-order chi connectivity index (χ1) is 9.08. The summed E-state index contributed by atoms with van der Waals surface area (Å²) in [6, 6.07) is -0.568. The maximum absolute atomic E-state index is 12.1. The summed E-state index contributed by atoms with van der Waals surface area (Å²) in [5.41, 5.74) is 5.75. The van der Waals surface area contributed by atoms with E-state index in [-0.39, 0.29) is 36.9 Å². The molecule has 20 heavy (non-hydrogen) atoms. The van der Waals surface area contributed by atoms with Crippen molar-refractivity contribution in [1.82, 2.24) is 10.2 Å². The second kappa shape index (κ2) is 9.96. The van der Waals surface area contributed by atoms with E-state index in [1.165, 1.54) is 7.11 Å². The number of nitrogens with two attached hydrogens (primary N) is 1. The Labute approximate surface area is 126 Å². The second-order valence-corrected chi connectivity index (χ2v) is 5.00. The highest BCUT2D eigenvalue weighted by molar-refractivity contribution is 5.85. The van der Waals surface area contributed by atoms with Gasteiger partial charge in [-0.1, -0.05) is 6.92 Å². The zero-order valence-corrected chi connectivity index (χ0v) is 13.1. The van der Waals surface area contributed by atoms with Crippen LogP contribution in [0.4, 0.5) is 0 Å². The van der Waals surface area contributed by atoms with Crippen LogP contribution in [0, 0.1) is 0 Å². The molecule has 0 radical (unpaired) electrons. The van der Waals surface area contributed by atoms with Crippen LogP contribution < -0.4 is 11.1 Å². The number of carbonyl (C=O) groups is 2. The number of amides is 2. The molecule has 1 saturated heterocycles. The number of nitrogens with one attached hydrogen (secondary N) is 1. The van der Waals surface area contributed by atoms with Gasteiger partial charge in [0.15, 0.2) is 0 Å². The molecular weight excluding hydrogens is 282 g/mol. The van der Waals surface area contributed by atoms with Gasteiger partial charge in [0.1, 0.15) is 6.04 Å². The maximum Gasteiger partial charge on any atom is 0.241 e. The van der Waals surface area contributed by atoms with E-state index in [2.05, 4.69) is 5.32 Å². The van der Waals surface area contributed by atoms with Crippen LogP contribution in [0.2, 0.25) is 0 Å². The molecule has 7 heteroatoms. The Hall–Kier alpha value is -0.850. The Balaban J connectivity index is 0.00000361. The van der Waals surface area contributed by atoms with E-state index >= 15 is 0 Å². The number of nitrogens with zero attached hydrogens (tertiary/aromatic N) is 1. The summed E-state index contributed by atoms with van der Waals surface area (Å²) < 4.78 is 4.90. The van der Waals surface area contributed by atoms with Gasteiger partial charge in [0.05, 0.1) is 6.61 Å². The van der Waals surface area contributed by atoms with Crippen molar-refractivity contribution in [2.75, 3.05) is 26.8 Å². The first-order valence-corrected chi connectivity index (χ1v) is 6.91. The maximum atomic E-state index is 12.1. The molecule has 118 valence electrons. The van der Waals surface area contributed by atoms with Crippen LogP contribution in [0.5, 0.6) is 0 Å². The molecule has 0 aromatic rings. The van der Waals surface area contributed by atoms with Crippen molar-refractivity contribution in [2.45, 2.75) is 44.7 Å². The van der Waals surface area contributed by atoms with Gasteiger partial charge in [-0.2, -0.15) is 0 Å². The summed E-state index contributed by atoms with van der Waals surface area (Å²) in [4.78, 5) is 25.3. The predicted molar refractivity (Wildman–Crippen MR) is 79.8 cm³/mol. The Bertz CT molecular complexity index is 315. The van der Waals surface area contributed by atoms with Gasteiger partial charge in [-0.25, -0.2) is 0 Å². The van der Waals surface area contributed by atoms with E-state index < -0.39 is 6.04 Å². The van der Waals surface area contributed by atoms with Crippen LogP contribution in [0.1, 0.15) is 32.6 Å². The highest BCUT2D eigenvalue weighted by Crippen LogP contribution is 2.11. The van der Waals surface area contributed by atoms with Gasteiger partial charge < -0.3 is 20.7 Å². The molecule has 0 spiro atoms. The van der Waals surface area contributed by atoms with Crippen LogP contribution in [-0.4, -0.2) is 55.6 Å². The molecule has 2 unspecified atom stereocenters. The lowest BCUT2D eigenvalue weighted by atomic mass is 10.0. The predicted octanol–water partition coefficient (Wildman–Crippen LogP) is 0.289. The summed E-state index contributed by atoms with van der Waals surface area (Å²) in [6.07, 6.45) is 3.18. The molecule has 0 aromatic carbocycles. The SMILES string of the molecule is CCCC(=O)NC1CCCN(C(=O)C(N)COC)C1.Cl. The quantitative estimate of drug-likeness (QED) is 0.738. The number of methoxy groups -OCH3 is 1. The van der Waals surface area contributed by atoms with E-state index in [0.717, 1.165) is 19.3 Å². The number of carbonyl (C=O) groups excluding carboxylic acids is 2. The fourth-order valence-electron chi connectivity index (χ4n) is 2.31. The normalized spacial score (nSPS) is 19.9. The minimum atomic E-state index is -0.616. The molecule has 2 atom stereocenters.